The molecule has 1 aliphatic rings. The van der Waals surface area contributed by atoms with Crippen LogP contribution in [0.4, 0.5) is 5.69 Å². The summed E-state index contributed by atoms with van der Waals surface area (Å²) in [6, 6.07) is 19.5. The highest BCUT2D eigenvalue weighted by molar-refractivity contribution is 6.04. The maximum atomic E-state index is 13.0. The largest absolute Gasteiger partial charge is 0.342 e. The van der Waals surface area contributed by atoms with Gasteiger partial charge in [-0.1, -0.05) is 61.4 Å². The average Bonchev–Trinajstić information content (AvgIpc) is 2.97. The standard InChI is InChI=1S/C22H26N2O2/c25-21(23-15-9-1-2-10-16-23)17-22(26)24(20-13-7-4-8-14-20)18-19-11-5-3-6-12-19/h3-8,11-14H,1-2,9-10,15-18H2. The van der Waals surface area contributed by atoms with E-state index in [0.717, 1.165) is 37.2 Å². The summed E-state index contributed by atoms with van der Waals surface area (Å²) in [5, 5.41) is 0. The summed E-state index contributed by atoms with van der Waals surface area (Å²) in [7, 11) is 0. The molecular formula is C22H26N2O2. The fraction of sp³-hybridized carbons (Fsp3) is 0.364. The fourth-order valence-corrected chi connectivity index (χ4v) is 3.35. The number of nitrogens with zero attached hydrogens (tertiary/aromatic N) is 2. The lowest BCUT2D eigenvalue weighted by Gasteiger charge is -2.25. The van der Waals surface area contributed by atoms with Crippen molar-refractivity contribution in [1.29, 1.82) is 0 Å². The van der Waals surface area contributed by atoms with E-state index in [2.05, 4.69) is 0 Å². The SMILES string of the molecule is O=C(CC(=O)N(Cc1ccccc1)c1ccccc1)N1CCCCCC1. The minimum Gasteiger partial charge on any atom is -0.342 e. The molecule has 4 heteroatoms. The van der Waals surface area contributed by atoms with Gasteiger partial charge in [-0.15, -0.1) is 0 Å². The first-order valence-corrected chi connectivity index (χ1v) is 9.41. The van der Waals surface area contributed by atoms with Crippen LogP contribution in [0.25, 0.3) is 0 Å². The summed E-state index contributed by atoms with van der Waals surface area (Å²) >= 11 is 0. The van der Waals surface area contributed by atoms with Crippen molar-refractivity contribution in [3.8, 4) is 0 Å². The summed E-state index contributed by atoms with van der Waals surface area (Å²) in [5.74, 6) is -0.194. The lowest BCUT2D eigenvalue weighted by molar-refractivity contribution is -0.135. The zero-order valence-corrected chi connectivity index (χ0v) is 15.1. The van der Waals surface area contributed by atoms with E-state index in [-0.39, 0.29) is 18.2 Å². The van der Waals surface area contributed by atoms with Gasteiger partial charge in [-0.2, -0.15) is 0 Å². The number of carbonyl (C=O) groups excluding carboxylic acids is 2. The van der Waals surface area contributed by atoms with Crippen molar-refractivity contribution in [2.24, 2.45) is 0 Å². The van der Waals surface area contributed by atoms with Crippen molar-refractivity contribution in [2.45, 2.75) is 38.6 Å². The molecule has 2 aromatic carbocycles. The van der Waals surface area contributed by atoms with Crippen LogP contribution < -0.4 is 4.90 Å². The second kappa shape index (κ2) is 9.18. The molecule has 1 heterocycles. The monoisotopic (exact) mass is 350 g/mol. The van der Waals surface area contributed by atoms with Gasteiger partial charge in [0.1, 0.15) is 6.42 Å². The molecule has 0 aromatic heterocycles. The Labute approximate surface area is 155 Å². The lowest BCUT2D eigenvalue weighted by Crippen LogP contribution is -2.38. The number of rotatable bonds is 5. The zero-order valence-electron chi connectivity index (χ0n) is 15.1. The van der Waals surface area contributed by atoms with Gasteiger partial charge in [-0.25, -0.2) is 0 Å². The fourth-order valence-electron chi connectivity index (χ4n) is 3.35. The van der Waals surface area contributed by atoms with Crippen molar-refractivity contribution >= 4 is 17.5 Å². The Morgan fingerprint density at radius 3 is 2.00 bits per heavy atom. The number of hydrogen-bond donors (Lipinski definition) is 0. The highest BCUT2D eigenvalue weighted by atomic mass is 16.2. The Kier molecular flexibility index (Phi) is 6.42. The van der Waals surface area contributed by atoms with Crippen LogP contribution in [0.15, 0.2) is 60.7 Å². The maximum Gasteiger partial charge on any atom is 0.236 e. The molecule has 0 aliphatic carbocycles. The highest BCUT2D eigenvalue weighted by Gasteiger charge is 2.23. The van der Waals surface area contributed by atoms with Gasteiger partial charge in [0.25, 0.3) is 0 Å². The summed E-state index contributed by atoms with van der Waals surface area (Å²) in [6.45, 7) is 2.02. The van der Waals surface area contributed by atoms with Crippen LogP contribution in [-0.4, -0.2) is 29.8 Å². The average molecular weight is 350 g/mol. The van der Waals surface area contributed by atoms with Gasteiger partial charge in [-0.3, -0.25) is 9.59 Å². The summed E-state index contributed by atoms with van der Waals surface area (Å²) in [4.78, 5) is 29.2. The summed E-state index contributed by atoms with van der Waals surface area (Å²) in [5.41, 5.74) is 1.87. The Morgan fingerprint density at radius 1 is 0.808 bits per heavy atom. The number of hydrogen-bond acceptors (Lipinski definition) is 2. The van der Waals surface area contributed by atoms with Gasteiger partial charge in [0.2, 0.25) is 11.8 Å². The smallest absolute Gasteiger partial charge is 0.236 e. The Balaban J connectivity index is 1.73. The molecule has 0 N–H and O–H groups in total. The molecule has 0 atom stereocenters. The quantitative estimate of drug-likeness (QED) is 0.765. The summed E-state index contributed by atoms with van der Waals surface area (Å²) in [6.07, 6.45) is 4.34. The molecule has 0 bridgehead atoms. The van der Waals surface area contributed by atoms with Crippen LogP contribution in [0.3, 0.4) is 0 Å². The molecule has 3 rings (SSSR count). The van der Waals surface area contributed by atoms with E-state index in [1.54, 1.807) is 4.90 Å². The van der Waals surface area contributed by atoms with Crippen LogP contribution in [0.2, 0.25) is 0 Å². The number of benzene rings is 2. The van der Waals surface area contributed by atoms with E-state index in [4.69, 9.17) is 0 Å². The maximum absolute atomic E-state index is 13.0. The second-order valence-electron chi connectivity index (χ2n) is 6.77. The van der Waals surface area contributed by atoms with Crippen molar-refractivity contribution in [3.05, 3.63) is 66.2 Å². The van der Waals surface area contributed by atoms with Crippen molar-refractivity contribution < 1.29 is 9.59 Å². The molecule has 0 radical (unpaired) electrons. The number of anilines is 1. The molecule has 2 aromatic rings. The van der Waals surface area contributed by atoms with Crippen LogP contribution in [0.5, 0.6) is 0 Å². The third-order valence-electron chi connectivity index (χ3n) is 4.81. The van der Waals surface area contributed by atoms with Gasteiger partial charge in [-0.05, 0) is 30.5 Å². The molecule has 0 spiro atoms. The first kappa shape index (κ1) is 18.2. The van der Waals surface area contributed by atoms with Gasteiger partial charge < -0.3 is 9.80 Å². The third-order valence-corrected chi connectivity index (χ3v) is 4.81. The molecule has 0 unspecified atom stereocenters. The van der Waals surface area contributed by atoms with Crippen LogP contribution in [0.1, 0.15) is 37.7 Å². The van der Waals surface area contributed by atoms with E-state index in [1.807, 2.05) is 65.6 Å². The summed E-state index contributed by atoms with van der Waals surface area (Å²) < 4.78 is 0. The normalized spacial score (nSPS) is 14.5. The molecule has 1 saturated heterocycles. The number of amides is 2. The topological polar surface area (TPSA) is 40.6 Å². The van der Waals surface area contributed by atoms with Gasteiger partial charge >= 0.3 is 0 Å². The molecule has 2 amide bonds. The van der Waals surface area contributed by atoms with E-state index < -0.39 is 0 Å². The molecule has 0 saturated carbocycles. The number of para-hydroxylation sites is 1. The van der Waals surface area contributed by atoms with Crippen molar-refractivity contribution in [2.75, 3.05) is 18.0 Å². The molecule has 1 fully saturated rings. The second-order valence-corrected chi connectivity index (χ2v) is 6.77. The van der Waals surface area contributed by atoms with E-state index in [9.17, 15) is 9.59 Å². The zero-order chi connectivity index (χ0) is 18.2. The number of carbonyl (C=O) groups is 2. The Bertz CT molecular complexity index is 707. The van der Waals surface area contributed by atoms with Crippen molar-refractivity contribution in [1.82, 2.24) is 4.90 Å². The van der Waals surface area contributed by atoms with Crippen LogP contribution in [-0.2, 0) is 16.1 Å². The predicted molar refractivity (Wildman–Crippen MR) is 104 cm³/mol. The minimum absolute atomic E-state index is 0.0501. The Hall–Kier alpha value is -2.62. The molecule has 1 aliphatic heterocycles. The van der Waals surface area contributed by atoms with Crippen LogP contribution >= 0.6 is 0 Å². The molecule has 26 heavy (non-hydrogen) atoms. The third kappa shape index (κ3) is 4.94. The minimum atomic E-state index is -0.144. The number of likely N-dealkylation sites (tertiary alicyclic amines) is 1. The molecule has 4 nitrogen and oxygen atoms in total. The lowest BCUT2D eigenvalue weighted by atomic mass is 10.1. The van der Waals surface area contributed by atoms with E-state index in [0.29, 0.717) is 6.54 Å². The Morgan fingerprint density at radius 2 is 1.38 bits per heavy atom. The predicted octanol–water partition coefficient (Wildman–Crippen LogP) is 4.01. The first-order chi connectivity index (χ1) is 12.7. The van der Waals surface area contributed by atoms with Gasteiger partial charge in [0.05, 0.1) is 6.54 Å². The van der Waals surface area contributed by atoms with E-state index in [1.165, 1.54) is 12.8 Å². The molecule has 136 valence electrons. The highest BCUT2D eigenvalue weighted by Crippen LogP contribution is 2.19. The molecular weight excluding hydrogens is 324 g/mol. The van der Waals surface area contributed by atoms with Gasteiger partial charge in [0.15, 0.2) is 0 Å². The van der Waals surface area contributed by atoms with Gasteiger partial charge in [0, 0.05) is 18.8 Å². The van der Waals surface area contributed by atoms with Crippen LogP contribution in [0, 0.1) is 0 Å². The van der Waals surface area contributed by atoms with Crippen molar-refractivity contribution in [3.63, 3.8) is 0 Å². The van der Waals surface area contributed by atoms with E-state index >= 15 is 0 Å². The first-order valence-electron chi connectivity index (χ1n) is 9.41.